The molecule has 0 aliphatic carbocycles. The van der Waals surface area contributed by atoms with Gasteiger partial charge in [0.05, 0.1) is 18.9 Å². The van der Waals surface area contributed by atoms with Gasteiger partial charge in [0.25, 0.3) is 0 Å². The zero-order valence-electron chi connectivity index (χ0n) is 11.9. The molecule has 114 valence electrons. The fourth-order valence-corrected chi connectivity index (χ4v) is 1.86. The smallest absolute Gasteiger partial charge is 0.335 e. The fraction of sp³-hybridized carbons (Fsp3) is 0.125. The fourth-order valence-electron chi connectivity index (χ4n) is 1.86. The third-order valence-corrected chi connectivity index (χ3v) is 2.99. The summed E-state index contributed by atoms with van der Waals surface area (Å²) in [6, 6.07) is 11.6. The molecule has 2 rings (SSSR count). The molecule has 22 heavy (non-hydrogen) atoms. The van der Waals surface area contributed by atoms with Crippen LogP contribution in [0.2, 0.25) is 0 Å². The Labute approximate surface area is 127 Å². The molecule has 0 saturated heterocycles. The monoisotopic (exact) mass is 301 g/mol. The Balaban J connectivity index is 2.09. The number of carbonyl (C=O) groups is 1. The molecule has 2 aromatic carbocycles. The SMILES string of the molecule is COc1cc(C=NO)ccc1OCc1ccc(C(=O)O)cc1. The molecule has 0 bridgehead atoms. The van der Waals surface area contributed by atoms with Crippen molar-refractivity contribution in [2.45, 2.75) is 6.61 Å². The van der Waals surface area contributed by atoms with Gasteiger partial charge < -0.3 is 19.8 Å². The van der Waals surface area contributed by atoms with Crippen LogP contribution in [-0.2, 0) is 6.61 Å². The number of rotatable bonds is 6. The molecule has 2 N–H and O–H groups in total. The summed E-state index contributed by atoms with van der Waals surface area (Å²) in [5.41, 5.74) is 1.75. The molecule has 0 fully saturated rings. The van der Waals surface area contributed by atoms with Gasteiger partial charge in [0.1, 0.15) is 6.61 Å². The topological polar surface area (TPSA) is 88.4 Å². The number of nitrogens with zero attached hydrogens (tertiary/aromatic N) is 1. The summed E-state index contributed by atoms with van der Waals surface area (Å²) in [6.07, 6.45) is 1.29. The molecular formula is C16H15NO5. The lowest BCUT2D eigenvalue weighted by Crippen LogP contribution is -2.00. The molecule has 6 heteroatoms. The quantitative estimate of drug-likeness (QED) is 0.486. The van der Waals surface area contributed by atoms with Crippen molar-refractivity contribution in [1.29, 1.82) is 0 Å². The normalized spacial score (nSPS) is 10.6. The first kappa shape index (κ1) is 15.4. The Morgan fingerprint density at radius 3 is 2.50 bits per heavy atom. The average Bonchev–Trinajstić information content (AvgIpc) is 2.54. The van der Waals surface area contributed by atoms with Crippen molar-refractivity contribution in [3.05, 3.63) is 59.2 Å². The zero-order chi connectivity index (χ0) is 15.9. The van der Waals surface area contributed by atoms with Crippen molar-refractivity contribution in [1.82, 2.24) is 0 Å². The van der Waals surface area contributed by atoms with E-state index in [1.807, 2.05) is 0 Å². The molecule has 0 amide bonds. The Hall–Kier alpha value is -3.02. The summed E-state index contributed by atoms with van der Waals surface area (Å²) >= 11 is 0. The van der Waals surface area contributed by atoms with Gasteiger partial charge in [-0.15, -0.1) is 0 Å². The van der Waals surface area contributed by atoms with E-state index in [2.05, 4.69) is 5.16 Å². The third kappa shape index (κ3) is 3.76. The summed E-state index contributed by atoms with van der Waals surface area (Å²) < 4.78 is 10.9. The summed E-state index contributed by atoms with van der Waals surface area (Å²) in [5, 5.41) is 20.3. The first-order valence-electron chi connectivity index (χ1n) is 6.44. The van der Waals surface area contributed by atoms with Crippen molar-refractivity contribution >= 4 is 12.2 Å². The number of benzene rings is 2. The van der Waals surface area contributed by atoms with E-state index in [1.54, 1.807) is 30.3 Å². The predicted molar refractivity (Wildman–Crippen MR) is 80.1 cm³/mol. The van der Waals surface area contributed by atoms with Gasteiger partial charge >= 0.3 is 5.97 Å². The lowest BCUT2D eigenvalue weighted by molar-refractivity contribution is 0.0697. The van der Waals surface area contributed by atoms with E-state index in [0.29, 0.717) is 17.1 Å². The maximum atomic E-state index is 10.8. The van der Waals surface area contributed by atoms with Crippen molar-refractivity contribution in [2.75, 3.05) is 7.11 Å². The molecule has 2 aromatic rings. The number of aromatic carboxylic acids is 1. The van der Waals surface area contributed by atoms with Gasteiger partial charge in [-0.1, -0.05) is 17.3 Å². The lowest BCUT2D eigenvalue weighted by Gasteiger charge is -2.11. The number of carboxylic acid groups (broad SMARTS) is 1. The molecule has 0 radical (unpaired) electrons. The molecule has 0 unspecified atom stereocenters. The summed E-state index contributed by atoms with van der Waals surface area (Å²) in [6.45, 7) is 0.281. The molecule has 0 atom stereocenters. The second kappa shape index (κ2) is 7.12. The van der Waals surface area contributed by atoms with E-state index < -0.39 is 5.97 Å². The van der Waals surface area contributed by atoms with E-state index in [-0.39, 0.29) is 12.2 Å². The maximum Gasteiger partial charge on any atom is 0.335 e. The van der Waals surface area contributed by atoms with Gasteiger partial charge in [0, 0.05) is 5.56 Å². The van der Waals surface area contributed by atoms with E-state index in [4.69, 9.17) is 19.8 Å². The van der Waals surface area contributed by atoms with Crippen LogP contribution in [0.3, 0.4) is 0 Å². The number of methoxy groups -OCH3 is 1. The van der Waals surface area contributed by atoms with E-state index >= 15 is 0 Å². The largest absolute Gasteiger partial charge is 0.493 e. The van der Waals surface area contributed by atoms with Crippen LogP contribution in [0.1, 0.15) is 21.5 Å². The first-order chi connectivity index (χ1) is 10.6. The van der Waals surface area contributed by atoms with E-state index in [1.165, 1.54) is 25.5 Å². The van der Waals surface area contributed by atoms with Crippen LogP contribution < -0.4 is 9.47 Å². The predicted octanol–water partition coefficient (Wildman–Crippen LogP) is 2.78. The van der Waals surface area contributed by atoms with E-state index in [0.717, 1.165) is 5.56 Å². The molecule has 0 aliphatic heterocycles. The maximum absolute atomic E-state index is 10.8. The van der Waals surface area contributed by atoms with Crippen LogP contribution >= 0.6 is 0 Å². The second-order valence-corrected chi connectivity index (χ2v) is 4.45. The van der Waals surface area contributed by atoms with Crippen LogP contribution in [0.4, 0.5) is 0 Å². The Morgan fingerprint density at radius 2 is 1.91 bits per heavy atom. The van der Waals surface area contributed by atoms with Crippen LogP contribution in [0, 0.1) is 0 Å². The summed E-state index contributed by atoms with van der Waals surface area (Å²) in [4.78, 5) is 10.8. The minimum atomic E-state index is -0.963. The standard InChI is InChI=1S/C16H15NO5/c1-21-15-8-12(9-17-20)4-7-14(15)22-10-11-2-5-13(6-3-11)16(18)19/h2-9,20H,10H2,1H3,(H,18,19). The van der Waals surface area contributed by atoms with Crippen LogP contribution in [0.25, 0.3) is 0 Å². The molecule has 6 nitrogen and oxygen atoms in total. The Morgan fingerprint density at radius 1 is 1.18 bits per heavy atom. The number of carboxylic acids is 1. The molecule has 0 heterocycles. The zero-order valence-corrected chi connectivity index (χ0v) is 11.9. The molecule has 0 aromatic heterocycles. The van der Waals surface area contributed by atoms with Crippen molar-refractivity contribution in [2.24, 2.45) is 5.16 Å². The number of oxime groups is 1. The van der Waals surface area contributed by atoms with Gasteiger partial charge in [0.15, 0.2) is 11.5 Å². The second-order valence-electron chi connectivity index (χ2n) is 4.45. The van der Waals surface area contributed by atoms with Crippen LogP contribution in [-0.4, -0.2) is 29.6 Å². The Bertz CT molecular complexity index is 679. The average molecular weight is 301 g/mol. The minimum Gasteiger partial charge on any atom is -0.493 e. The van der Waals surface area contributed by atoms with Gasteiger partial charge in [-0.25, -0.2) is 4.79 Å². The van der Waals surface area contributed by atoms with Crippen molar-refractivity contribution in [3.8, 4) is 11.5 Å². The van der Waals surface area contributed by atoms with Gasteiger partial charge in [-0.3, -0.25) is 0 Å². The molecular weight excluding hydrogens is 286 g/mol. The highest BCUT2D eigenvalue weighted by atomic mass is 16.5. The molecule has 0 saturated carbocycles. The third-order valence-electron chi connectivity index (χ3n) is 2.99. The molecule has 0 aliphatic rings. The first-order valence-corrected chi connectivity index (χ1v) is 6.44. The number of hydrogen-bond donors (Lipinski definition) is 2. The number of ether oxygens (including phenoxy) is 2. The van der Waals surface area contributed by atoms with Crippen molar-refractivity contribution in [3.63, 3.8) is 0 Å². The van der Waals surface area contributed by atoms with Crippen molar-refractivity contribution < 1.29 is 24.6 Å². The molecule has 0 spiro atoms. The minimum absolute atomic E-state index is 0.231. The van der Waals surface area contributed by atoms with E-state index in [9.17, 15) is 4.79 Å². The number of hydrogen-bond acceptors (Lipinski definition) is 5. The van der Waals surface area contributed by atoms with Gasteiger partial charge in [-0.2, -0.15) is 0 Å². The van der Waals surface area contributed by atoms with Gasteiger partial charge in [-0.05, 0) is 35.9 Å². The lowest BCUT2D eigenvalue weighted by atomic mass is 10.1. The highest BCUT2D eigenvalue weighted by Crippen LogP contribution is 2.28. The van der Waals surface area contributed by atoms with Crippen LogP contribution in [0.15, 0.2) is 47.6 Å². The van der Waals surface area contributed by atoms with Gasteiger partial charge in [0.2, 0.25) is 0 Å². The van der Waals surface area contributed by atoms with Crippen LogP contribution in [0.5, 0.6) is 11.5 Å². The highest BCUT2D eigenvalue weighted by Gasteiger charge is 2.06. The highest BCUT2D eigenvalue weighted by molar-refractivity contribution is 5.87. The summed E-state index contributed by atoms with van der Waals surface area (Å²) in [5.74, 6) is 0.0923. The summed E-state index contributed by atoms with van der Waals surface area (Å²) in [7, 11) is 1.52. The Kier molecular flexibility index (Phi) is 4.98.